The summed E-state index contributed by atoms with van der Waals surface area (Å²) in [6.07, 6.45) is 6.87. The molecule has 0 aliphatic carbocycles. The van der Waals surface area contributed by atoms with Gasteiger partial charge >= 0.3 is 0 Å². The predicted molar refractivity (Wildman–Crippen MR) is 78.7 cm³/mol. The van der Waals surface area contributed by atoms with Gasteiger partial charge in [-0.3, -0.25) is 9.89 Å². The molecule has 3 aromatic rings. The number of carbonyl (C=O) groups is 1. The van der Waals surface area contributed by atoms with Crippen LogP contribution in [0.3, 0.4) is 0 Å². The van der Waals surface area contributed by atoms with E-state index in [1.807, 2.05) is 41.1 Å². The zero-order chi connectivity index (χ0) is 13.9. The summed E-state index contributed by atoms with van der Waals surface area (Å²) in [5, 5.41) is 10.2. The fourth-order valence-electron chi connectivity index (χ4n) is 2.24. The molecular formula is C15H14N4O. The van der Waals surface area contributed by atoms with Gasteiger partial charge in [0, 0.05) is 29.8 Å². The first-order chi connectivity index (χ1) is 9.79. The Bertz CT molecular complexity index is 755. The summed E-state index contributed by atoms with van der Waals surface area (Å²) in [5.41, 5.74) is 2.31. The second kappa shape index (κ2) is 5.05. The van der Waals surface area contributed by atoms with E-state index < -0.39 is 0 Å². The van der Waals surface area contributed by atoms with Crippen LogP contribution in [-0.4, -0.2) is 20.7 Å². The number of carbonyl (C=O) groups excluding carboxylic acids is 1. The van der Waals surface area contributed by atoms with Crippen LogP contribution < -0.4 is 5.32 Å². The second-order valence-electron chi connectivity index (χ2n) is 4.44. The van der Waals surface area contributed by atoms with Crippen molar-refractivity contribution >= 4 is 22.5 Å². The average Bonchev–Trinajstić information content (AvgIpc) is 3.08. The van der Waals surface area contributed by atoms with Crippen molar-refractivity contribution in [2.24, 2.45) is 0 Å². The maximum Gasteiger partial charge on any atom is 0.257 e. The molecule has 2 heterocycles. The number of hydrogen-bond donors (Lipinski definition) is 2. The van der Waals surface area contributed by atoms with Crippen molar-refractivity contribution in [3.8, 4) is 0 Å². The number of fused-ring (bicyclic) bond motifs is 1. The molecular weight excluding hydrogens is 252 g/mol. The SMILES string of the molecule is C=CCn1cc(C(=O)Nc2cn[nH]c2)c2ccccc21. The first-order valence-electron chi connectivity index (χ1n) is 6.28. The lowest BCUT2D eigenvalue weighted by Gasteiger charge is -2.00. The molecule has 100 valence electrons. The zero-order valence-corrected chi connectivity index (χ0v) is 10.8. The van der Waals surface area contributed by atoms with E-state index in [2.05, 4.69) is 22.1 Å². The first-order valence-corrected chi connectivity index (χ1v) is 6.28. The van der Waals surface area contributed by atoms with Gasteiger partial charge in [-0.2, -0.15) is 5.10 Å². The second-order valence-corrected chi connectivity index (χ2v) is 4.44. The quantitative estimate of drug-likeness (QED) is 0.713. The minimum atomic E-state index is -0.148. The van der Waals surface area contributed by atoms with Crippen molar-refractivity contribution < 1.29 is 4.79 Å². The van der Waals surface area contributed by atoms with Crippen LogP contribution in [0.5, 0.6) is 0 Å². The van der Waals surface area contributed by atoms with E-state index in [0.29, 0.717) is 17.8 Å². The smallest absolute Gasteiger partial charge is 0.257 e. The number of anilines is 1. The molecule has 0 radical (unpaired) electrons. The Hall–Kier alpha value is -2.82. The van der Waals surface area contributed by atoms with Gasteiger partial charge in [-0.1, -0.05) is 24.3 Å². The molecule has 0 aliphatic heterocycles. The van der Waals surface area contributed by atoms with Gasteiger partial charge in [0.1, 0.15) is 0 Å². The molecule has 0 fully saturated rings. The van der Waals surface area contributed by atoms with Crippen molar-refractivity contribution in [2.45, 2.75) is 6.54 Å². The third-order valence-electron chi connectivity index (χ3n) is 3.12. The van der Waals surface area contributed by atoms with Gasteiger partial charge in [0.2, 0.25) is 0 Å². The van der Waals surface area contributed by atoms with Gasteiger partial charge in [-0.25, -0.2) is 0 Å². The third-order valence-corrected chi connectivity index (χ3v) is 3.12. The molecule has 2 N–H and O–H groups in total. The van der Waals surface area contributed by atoms with Gasteiger partial charge in [0.05, 0.1) is 17.4 Å². The number of aromatic amines is 1. The molecule has 0 unspecified atom stereocenters. The fourth-order valence-corrected chi connectivity index (χ4v) is 2.24. The Kier molecular flexibility index (Phi) is 3.09. The Morgan fingerprint density at radius 3 is 3.05 bits per heavy atom. The molecule has 0 aliphatic rings. The predicted octanol–water partition coefficient (Wildman–Crippen LogP) is 2.80. The highest BCUT2D eigenvalue weighted by Gasteiger charge is 2.14. The summed E-state index contributed by atoms with van der Waals surface area (Å²) in [5.74, 6) is -0.148. The van der Waals surface area contributed by atoms with Crippen LogP contribution >= 0.6 is 0 Å². The standard InChI is InChI=1S/C15H14N4O/c1-2-7-19-10-13(12-5-3-4-6-14(12)19)15(20)18-11-8-16-17-9-11/h2-6,8-10H,1,7H2,(H,16,17)(H,18,20). The van der Waals surface area contributed by atoms with Crippen LogP contribution in [-0.2, 0) is 6.54 Å². The van der Waals surface area contributed by atoms with Crippen molar-refractivity contribution in [2.75, 3.05) is 5.32 Å². The van der Waals surface area contributed by atoms with E-state index in [0.717, 1.165) is 10.9 Å². The van der Waals surface area contributed by atoms with E-state index in [1.165, 1.54) is 0 Å². The number of aromatic nitrogens is 3. The molecule has 20 heavy (non-hydrogen) atoms. The number of para-hydroxylation sites is 1. The summed E-state index contributed by atoms with van der Waals surface area (Å²) < 4.78 is 2.01. The molecule has 5 nitrogen and oxygen atoms in total. The van der Waals surface area contributed by atoms with Gasteiger partial charge in [-0.05, 0) is 6.07 Å². The molecule has 0 bridgehead atoms. The Labute approximate surface area is 115 Å². The van der Waals surface area contributed by atoms with Gasteiger partial charge < -0.3 is 9.88 Å². The number of benzene rings is 1. The number of H-pyrrole nitrogens is 1. The van der Waals surface area contributed by atoms with E-state index in [9.17, 15) is 4.79 Å². The minimum Gasteiger partial charge on any atom is -0.343 e. The molecule has 2 aromatic heterocycles. The third kappa shape index (κ3) is 2.09. The normalized spacial score (nSPS) is 10.6. The van der Waals surface area contributed by atoms with Crippen LogP contribution in [0.25, 0.3) is 10.9 Å². The summed E-state index contributed by atoms with van der Waals surface area (Å²) >= 11 is 0. The van der Waals surface area contributed by atoms with Gasteiger partial charge in [0.25, 0.3) is 5.91 Å². The number of nitrogens with zero attached hydrogens (tertiary/aromatic N) is 2. The minimum absolute atomic E-state index is 0.148. The highest BCUT2D eigenvalue weighted by Crippen LogP contribution is 2.22. The lowest BCUT2D eigenvalue weighted by atomic mass is 10.1. The molecule has 3 rings (SSSR count). The van der Waals surface area contributed by atoms with Crippen molar-refractivity contribution in [1.82, 2.24) is 14.8 Å². The Morgan fingerprint density at radius 2 is 2.30 bits per heavy atom. The zero-order valence-electron chi connectivity index (χ0n) is 10.8. The van der Waals surface area contributed by atoms with Crippen LogP contribution in [0, 0.1) is 0 Å². The van der Waals surface area contributed by atoms with Gasteiger partial charge in [0.15, 0.2) is 0 Å². The van der Waals surface area contributed by atoms with Crippen LogP contribution in [0.15, 0.2) is 55.5 Å². The van der Waals surface area contributed by atoms with Crippen molar-refractivity contribution in [1.29, 1.82) is 0 Å². The molecule has 1 aromatic carbocycles. The topological polar surface area (TPSA) is 62.7 Å². The fraction of sp³-hybridized carbons (Fsp3) is 0.0667. The lowest BCUT2D eigenvalue weighted by Crippen LogP contribution is -2.10. The van der Waals surface area contributed by atoms with Crippen LogP contribution in [0.4, 0.5) is 5.69 Å². The van der Waals surface area contributed by atoms with E-state index in [1.54, 1.807) is 12.4 Å². The average molecular weight is 266 g/mol. The van der Waals surface area contributed by atoms with Crippen LogP contribution in [0.2, 0.25) is 0 Å². The number of hydrogen-bond acceptors (Lipinski definition) is 2. The summed E-state index contributed by atoms with van der Waals surface area (Å²) in [6.45, 7) is 4.41. The maximum atomic E-state index is 12.4. The first kappa shape index (κ1) is 12.2. The van der Waals surface area contributed by atoms with Crippen molar-refractivity contribution in [3.63, 3.8) is 0 Å². The largest absolute Gasteiger partial charge is 0.343 e. The molecule has 0 saturated heterocycles. The Morgan fingerprint density at radius 1 is 1.45 bits per heavy atom. The maximum absolute atomic E-state index is 12.4. The Balaban J connectivity index is 2.02. The molecule has 0 saturated carbocycles. The van der Waals surface area contributed by atoms with E-state index >= 15 is 0 Å². The number of allylic oxidation sites excluding steroid dienone is 1. The molecule has 0 atom stereocenters. The van der Waals surface area contributed by atoms with Crippen molar-refractivity contribution in [3.05, 3.63) is 61.1 Å². The van der Waals surface area contributed by atoms with Gasteiger partial charge in [-0.15, -0.1) is 6.58 Å². The summed E-state index contributed by atoms with van der Waals surface area (Å²) in [6, 6.07) is 7.82. The molecule has 0 spiro atoms. The summed E-state index contributed by atoms with van der Waals surface area (Å²) in [7, 11) is 0. The lowest BCUT2D eigenvalue weighted by molar-refractivity contribution is 0.102. The van der Waals surface area contributed by atoms with E-state index in [-0.39, 0.29) is 5.91 Å². The summed E-state index contributed by atoms with van der Waals surface area (Å²) in [4.78, 5) is 12.4. The molecule has 1 amide bonds. The monoisotopic (exact) mass is 266 g/mol. The highest BCUT2D eigenvalue weighted by molar-refractivity contribution is 6.12. The van der Waals surface area contributed by atoms with Crippen LogP contribution in [0.1, 0.15) is 10.4 Å². The number of amides is 1. The number of nitrogens with one attached hydrogen (secondary N) is 2. The number of rotatable bonds is 4. The van der Waals surface area contributed by atoms with E-state index in [4.69, 9.17) is 0 Å². The molecule has 5 heteroatoms. The highest BCUT2D eigenvalue weighted by atomic mass is 16.1.